The minimum Gasteiger partial charge on any atom is -0.481 e. The third-order valence-electron chi connectivity index (χ3n) is 3.20. The summed E-state index contributed by atoms with van der Waals surface area (Å²) in [4.78, 5) is 10.8. The van der Waals surface area contributed by atoms with E-state index in [2.05, 4.69) is 0 Å². The highest BCUT2D eigenvalue weighted by Gasteiger charge is 2.66. The molecule has 1 aliphatic rings. The van der Waals surface area contributed by atoms with Crippen molar-refractivity contribution in [2.45, 2.75) is 44.6 Å². The Kier molecular flexibility index (Phi) is 2.34. The average molecular weight is 208 g/mol. The Balaban J connectivity index is 3.12. The molecule has 0 spiro atoms. The van der Waals surface area contributed by atoms with Gasteiger partial charge in [-0.25, -0.2) is 8.78 Å². The van der Waals surface area contributed by atoms with Crippen molar-refractivity contribution in [1.29, 1.82) is 0 Å². The monoisotopic (exact) mass is 208 g/mol. The summed E-state index contributed by atoms with van der Waals surface area (Å²) in [5, 5.41) is 18.6. The van der Waals surface area contributed by atoms with Crippen LogP contribution in [0.25, 0.3) is 0 Å². The number of carbonyl (C=O) groups is 1. The molecule has 82 valence electrons. The molecule has 0 aromatic rings. The second kappa shape index (κ2) is 2.89. The molecule has 0 aromatic heterocycles. The molecule has 1 unspecified atom stereocenters. The molecule has 14 heavy (non-hydrogen) atoms. The number of carboxylic acids is 1. The number of aliphatic carboxylic acids is 1. The van der Waals surface area contributed by atoms with Crippen molar-refractivity contribution in [1.82, 2.24) is 0 Å². The quantitative estimate of drug-likeness (QED) is 0.725. The standard InChI is InChI=1S/C9H14F2O3/c1-7(2,6(12)13)8(14)4-3-5-9(8,10)11/h14H,3-5H2,1-2H3,(H,12,13). The summed E-state index contributed by atoms with van der Waals surface area (Å²) in [6.45, 7) is 2.27. The van der Waals surface area contributed by atoms with E-state index >= 15 is 0 Å². The molecule has 1 saturated carbocycles. The summed E-state index contributed by atoms with van der Waals surface area (Å²) in [5.41, 5.74) is -4.25. The first-order chi connectivity index (χ1) is 6.15. The number of hydrogen-bond acceptors (Lipinski definition) is 2. The molecule has 1 atom stereocenters. The lowest BCUT2D eigenvalue weighted by atomic mass is 9.72. The molecule has 0 aliphatic heterocycles. The molecule has 0 heterocycles. The van der Waals surface area contributed by atoms with Crippen LogP contribution in [-0.4, -0.2) is 27.7 Å². The van der Waals surface area contributed by atoms with E-state index in [1.165, 1.54) is 0 Å². The van der Waals surface area contributed by atoms with Crippen LogP contribution in [0.5, 0.6) is 0 Å². The van der Waals surface area contributed by atoms with Gasteiger partial charge in [-0.15, -0.1) is 0 Å². The third-order valence-corrected chi connectivity index (χ3v) is 3.20. The minimum atomic E-state index is -3.31. The summed E-state index contributed by atoms with van der Waals surface area (Å²) in [6, 6.07) is 0. The summed E-state index contributed by atoms with van der Waals surface area (Å²) in [5.74, 6) is -4.71. The van der Waals surface area contributed by atoms with Gasteiger partial charge in [0.05, 0.1) is 5.41 Å². The Morgan fingerprint density at radius 2 is 1.86 bits per heavy atom. The zero-order valence-electron chi connectivity index (χ0n) is 8.18. The van der Waals surface area contributed by atoms with Gasteiger partial charge >= 0.3 is 5.97 Å². The molecule has 0 aromatic carbocycles. The van der Waals surface area contributed by atoms with Crippen LogP contribution in [0.2, 0.25) is 0 Å². The van der Waals surface area contributed by atoms with Gasteiger partial charge in [-0.05, 0) is 26.7 Å². The Morgan fingerprint density at radius 3 is 2.14 bits per heavy atom. The maximum atomic E-state index is 13.3. The fraction of sp³-hybridized carbons (Fsp3) is 0.889. The zero-order chi connectivity index (χ0) is 11.2. The van der Waals surface area contributed by atoms with Crippen molar-refractivity contribution < 1.29 is 23.8 Å². The number of rotatable bonds is 2. The van der Waals surface area contributed by atoms with Crippen LogP contribution in [0.3, 0.4) is 0 Å². The van der Waals surface area contributed by atoms with Crippen LogP contribution in [0.4, 0.5) is 8.78 Å². The van der Waals surface area contributed by atoms with Gasteiger partial charge in [0.15, 0.2) is 0 Å². The molecular weight excluding hydrogens is 194 g/mol. The van der Waals surface area contributed by atoms with Gasteiger partial charge in [-0.1, -0.05) is 0 Å². The number of carboxylic acid groups (broad SMARTS) is 1. The minimum absolute atomic E-state index is 0.153. The maximum Gasteiger partial charge on any atom is 0.312 e. The van der Waals surface area contributed by atoms with E-state index in [0.29, 0.717) is 0 Å². The first kappa shape index (κ1) is 11.4. The van der Waals surface area contributed by atoms with Crippen LogP contribution in [-0.2, 0) is 4.79 Å². The number of hydrogen-bond donors (Lipinski definition) is 2. The van der Waals surface area contributed by atoms with Crippen LogP contribution in [0, 0.1) is 5.41 Å². The maximum absolute atomic E-state index is 13.3. The summed E-state index contributed by atoms with van der Waals surface area (Å²) in [7, 11) is 0. The Morgan fingerprint density at radius 1 is 1.36 bits per heavy atom. The smallest absolute Gasteiger partial charge is 0.312 e. The molecular formula is C9H14F2O3. The van der Waals surface area contributed by atoms with Crippen molar-refractivity contribution in [2.24, 2.45) is 5.41 Å². The molecule has 1 fully saturated rings. The van der Waals surface area contributed by atoms with E-state index in [0.717, 1.165) is 13.8 Å². The Labute approximate surface area is 80.7 Å². The van der Waals surface area contributed by atoms with Crippen LogP contribution >= 0.6 is 0 Å². The van der Waals surface area contributed by atoms with Gasteiger partial charge < -0.3 is 10.2 Å². The molecule has 0 amide bonds. The lowest BCUT2D eigenvalue weighted by Gasteiger charge is -2.40. The molecule has 2 N–H and O–H groups in total. The van der Waals surface area contributed by atoms with E-state index in [9.17, 15) is 18.7 Å². The van der Waals surface area contributed by atoms with Crippen molar-refractivity contribution in [3.63, 3.8) is 0 Å². The van der Waals surface area contributed by atoms with E-state index in [1.54, 1.807) is 0 Å². The normalized spacial score (nSPS) is 31.8. The molecule has 0 radical (unpaired) electrons. The lowest BCUT2D eigenvalue weighted by Crippen LogP contribution is -2.57. The Hall–Kier alpha value is -0.710. The van der Waals surface area contributed by atoms with Gasteiger partial charge in [0, 0.05) is 6.42 Å². The largest absolute Gasteiger partial charge is 0.481 e. The van der Waals surface area contributed by atoms with Gasteiger partial charge in [0.25, 0.3) is 5.92 Å². The average Bonchev–Trinajstić information content (AvgIpc) is 2.27. The van der Waals surface area contributed by atoms with Crippen molar-refractivity contribution in [2.75, 3.05) is 0 Å². The molecule has 1 aliphatic carbocycles. The molecule has 1 rings (SSSR count). The zero-order valence-corrected chi connectivity index (χ0v) is 8.18. The van der Waals surface area contributed by atoms with E-state index < -0.39 is 29.3 Å². The predicted molar refractivity (Wildman–Crippen MR) is 45.2 cm³/mol. The highest BCUT2D eigenvalue weighted by atomic mass is 19.3. The molecule has 0 saturated heterocycles. The lowest BCUT2D eigenvalue weighted by molar-refractivity contribution is -0.220. The van der Waals surface area contributed by atoms with Gasteiger partial charge in [-0.3, -0.25) is 4.79 Å². The first-order valence-electron chi connectivity index (χ1n) is 4.49. The van der Waals surface area contributed by atoms with E-state index in [1.807, 2.05) is 0 Å². The second-order valence-electron chi connectivity index (χ2n) is 4.35. The summed E-state index contributed by atoms with van der Waals surface area (Å²) < 4.78 is 26.7. The third kappa shape index (κ3) is 1.22. The van der Waals surface area contributed by atoms with Crippen LogP contribution in [0.1, 0.15) is 33.1 Å². The van der Waals surface area contributed by atoms with Crippen LogP contribution in [0.15, 0.2) is 0 Å². The van der Waals surface area contributed by atoms with E-state index in [-0.39, 0.29) is 12.8 Å². The van der Waals surface area contributed by atoms with E-state index in [4.69, 9.17) is 5.11 Å². The van der Waals surface area contributed by atoms with Gasteiger partial charge in [0.1, 0.15) is 5.60 Å². The number of aliphatic hydroxyl groups is 1. The second-order valence-corrected chi connectivity index (χ2v) is 4.35. The van der Waals surface area contributed by atoms with Gasteiger partial charge in [0.2, 0.25) is 0 Å². The van der Waals surface area contributed by atoms with Gasteiger partial charge in [-0.2, -0.15) is 0 Å². The SMILES string of the molecule is CC(C)(C(=O)O)C1(O)CCCC1(F)F. The Bertz CT molecular complexity index is 263. The van der Waals surface area contributed by atoms with Crippen molar-refractivity contribution >= 4 is 5.97 Å². The topological polar surface area (TPSA) is 57.5 Å². The van der Waals surface area contributed by atoms with Crippen LogP contribution < -0.4 is 0 Å². The number of halogens is 2. The summed E-state index contributed by atoms with van der Waals surface area (Å²) >= 11 is 0. The number of alkyl halides is 2. The molecule has 5 heteroatoms. The fourth-order valence-corrected chi connectivity index (χ4v) is 1.90. The van der Waals surface area contributed by atoms with Crippen molar-refractivity contribution in [3.8, 4) is 0 Å². The first-order valence-corrected chi connectivity index (χ1v) is 4.49. The summed E-state index contributed by atoms with van der Waals surface area (Å²) in [6.07, 6.45) is -0.459. The molecule has 3 nitrogen and oxygen atoms in total. The fourth-order valence-electron chi connectivity index (χ4n) is 1.90. The highest BCUT2D eigenvalue weighted by molar-refractivity contribution is 5.75. The predicted octanol–water partition coefficient (Wildman–Crippen LogP) is 1.65. The van der Waals surface area contributed by atoms with Crippen molar-refractivity contribution in [3.05, 3.63) is 0 Å². The molecule has 0 bridgehead atoms. The highest BCUT2D eigenvalue weighted by Crippen LogP contribution is 2.52.